The van der Waals surface area contributed by atoms with Gasteiger partial charge in [-0.1, -0.05) is 18.9 Å². The maximum Gasteiger partial charge on any atom is 0.195 e. The zero-order valence-electron chi connectivity index (χ0n) is 10.5. The molecule has 3 aliphatic rings. The quantitative estimate of drug-likeness (QED) is 0.842. The zero-order chi connectivity index (χ0) is 11.9. The van der Waals surface area contributed by atoms with Gasteiger partial charge in [0.15, 0.2) is 5.96 Å². The topological polar surface area (TPSA) is 27.6 Å². The number of fused-ring (bicyclic) bond motifs is 3. The first-order valence-electron chi connectivity index (χ1n) is 7.06. The van der Waals surface area contributed by atoms with Crippen molar-refractivity contribution in [3.8, 4) is 0 Å². The molecule has 2 aliphatic heterocycles. The summed E-state index contributed by atoms with van der Waals surface area (Å²) in [6, 6.07) is 6.36. The Morgan fingerprint density at radius 3 is 3.11 bits per heavy atom. The lowest BCUT2D eigenvalue weighted by atomic mass is 9.90. The van der Waals surface area contributed by atoms with Crippen molar-refractivity contribution in [2.45, 2.75) is 50.2 Å². The summed E-state index contributed by atoms with van der Waals surface area (Å²) >= 11 is 1.89. The van der Waals surface area contributed by atoms with Crippen molar-refractivity contribution in [2.75, 3.05) is 6.54 Å². The van der Waals surface area contributed by atoms with E-state index in [1.807, 2.05) is 11.3 Å². The second-order valence-corrected chi connectivity index (χ2v) is 6.51. The van der Waals surface area contributed by atoms with Gasteiger partial charge in [-0.3, -0.25) is 4.99 Å². The van der Waals surface area contributed by atoms with Crippen LogP contribution in [-0.2, 0) is 0 Å². The molecule has 3 atom stereocenters. The summed E-state index contributed by atoms with van der Waals surface area (Å²) in [5.41, 5.74) is 0. The summed E-state index contributed by atoms with van der Waals surface area (Å²) in [4.78, 5) is 8.82. The predicted octanol–water partition coefficient (Wildman–Crippen LogP) is 2.77. The third kappa shape index (κ3) is 1.58. The SMILES string of the molecule is c1csc(C2CCN=C3NC4CCCCC4N32)c1. The lowest BCUT2D eigenvalue weighted by Crippen LogP contribution is -2.42. The van der Waals surface area contributed by atoms with Gasteiger partial charge < -0.3 is 10.2 Å². The molecule has 4 rings (SSSR count). The summed E-state index contributed by atoms with van der Waals surface area (Å²) < 4.78 is 0. The minimum absolute atomic E-state index is 0.568. The summed E-state index contributed by atoms with van der Waals surface area (Å²) in [6.07, 6.45) is 6.58. The summed E-state index contributed by atoms with van der Waals surface area (Å²) in [5.74, 6) is 1.18. The van der Waals surface area contributed by atoms with Crippen LogP contribution in [0.15, 0.2) is 22.5 Å². The molecule has 4 heteroatoms. The Morgan fingerprint density at radius 1 is 1.28 bits per heavy atom. The first kappa shape index (κ1) is 10.9. The van der Waals surface area contributed by atoms with E-state index >= 15 is 0 Å². The minimum atomic E-state index is 0.568. The molecular formula is C14H19N3S. The van der Waals surface area contributed by atoms with Gasteiger partial charge >= 0.3 is 0 Å². The molecule has 0 bridgehead atoms. The van der Waals surface area contributed by atoms with Gasteiger partial charge in [-0.05, 0) is 30.7 Å². The van der Waals surface area contributed by atoms with Crippen LogP contribution in [0.25, 0.3) is 0 Å². The molecule has 1 aromatic heterocycles. The highest BCUT2D eigenvalue weighted by molar-refractivity contribution is 7.10. The fourth-order valence-electron chi connectivity index (χ4n) is 3.71. The van der Waals surface area contributed by atoms with Gasteiger partial charge in [-0.15, -0.1) is 11.3 Å². The summed E-state index contributed by atoms with van der Waals surface area (Å²) in [5, 5.41) is 5.86. The van der Waals surface area contributed by atoms with Gasteiger partial charge in [0.05, 0.1) is 12.1 Å². The Labute approximate surface area is 112 Å². The maximum atomic E-state index is 4.71. The summed E-state index contributed by atoms with van der Waals surface area (Å²) in [7, 11) is 0. The van der Waals surface area contributed by atoms with Crippen molar-refractivity contribution in [2.24, 2.45) is 4.99 Å². The molecule has 0 spiro atoms. The number of thiophene rings is 1. The molecule has 3 heterocycles. The highest BCUT2D eigenvalue weighted by Crippen LogP contribution is 2.39. The zero-order valence-corrected chi connectivity index (χ0v) is 11.3. The van der Waals surface area contributed by atoms with Crippen molar-refractivity contribution >= 4 is 17.3 Å². The molecule has 1 saturated carbocycles. The number of aliphatic imine (C=N–C) groups is 1. The lowest BCUT2D eigenvalue weighted by molar-refractivity contribution is 0.190. The fraction of sp³-hybridized carbons (Fsp3) is 0.643. The number of nitrogens with one attached hydrogen (secondary N) is 1. The molecule has 18 heavy (non-hydrogen) atoms. The van der Waals surface area contributed by atoms with Crippen molar-refractivity contribution in [1.29, 1.82) is 0 Å². The van der Waals surface area contributed by atoms with Gasteiger partial charge in [0.1, 0.15) is 0 Å². The largest absolute Gasteiger partial charge is 0.351 e. The molecule has 1 aromatic rings. The van der Waals surface area contributed by atoms with Gasteiger partial charge in [0.2, 0.25) is 0 Å². The monoisotopic (exact) mass is 261 g/mol. The third-order valence-corrected chi connectivity index (χ3v) is 5.49. The van der Waals surface area contributed by atoms with E-state index in [1.54, 1.807) is 0 Å². The van der Waals surface area contributed by atoms with Crippen molar-refractivity contribution in [1.82, 2.24) is 10.2 Å². The van der Waals surface area contributed by atoms with Crippen LogP contribution in [0.2, 0.25) is 0 Å². The third-order valence-electron chi connectivity index (χ3n) is 4.52. The Balaban J connectivity index is 1.69. The molecule has 0 aromatic carbocycles. The van der Waals surface area contributed by atoms with E-state index in [1.165, 1.54) is 42.9 Å². The Kier molecular flexibility index (Phi) is 2.57. The molecule has 3 unspecified atom stereocenters. The second-order valence-electron chi connectivity index (χ2n) is 5.54. The van der Waals surface area contributed by atoms with E-state index in [2.05, 4.69) is 27.7 Å². The predicted molar refractivity (Wildman–Crippen MR) is 75.0 cm³/mol. The molecule has 1 N–H and O–H groups in total. The molecule has 0 radical (unpaired) electrons. The molecule has 2 fully saturated rings. The number of rotatable bonds is 1. The van der Waals surface area contributed by atoms with Gasteiger partial charge in [0, 0.05) is 17.5 Å². The first-order valence-corrected chi connectivity index (χ1v) is 7.94. The van der Waals surface area contributed by atoms with Crippen LogP contribution in [-0.4, -0.2) is 29.5 Å². The number of nitrogens with zero attached hydrogens (tertiary/aromatic N) is 2. The highest BCUT2D eigenvalue weighted by Gasteiger charge is 2.44. The normalized spacial score (nSPS) is 34.6. The fourth-order valence-corrected chi connectivity index (χ4v) is 4.57. The van der Waals surface area contributed by atoms with Gasteiger partial charge in [-0.25, -0.2) is 0 Å². The molecule has 1 aliphatic carbocycles. The van der Waals surface area contributed by atoms with E-state index in [4.69, 9.17) is 4.99 Å². The van der Waals surface area contributed by atoms with E-state index in [-0.39, 0.29) is 0 Å². The van der Waals surface area contributed by atoms with Crippen molar-refractivity contribution in [3.05, 3.63) is 22.4 Å². The van der Waals surface area contributed by atoms with Crippen LogP contribution in [0.5, 0.6) is 0 Å². The Hall–Kier alpha value is -1.03. The summed E-state index contributed by atoms with van der Waals surface area (Å²) in [6.45, 7) is 0.973. The highest BCUT2D eigenvalue weighted by atomic mass is 32.1. The second kappa shape index (κ2) is 4.26. The van der Waals surface area contributed by atoms with Crippen LogP contribution in [0.4, 0.5) is 0 Å². The van der Waals surface area contributed by atoms with Crippen LogP contribution in [0, 0.1) is 0 Å². The van der Waals surface area contributed by atoms with E-state index < -0.39 is 0 Å². The molecule has 1 saturated heterocycles. The lowest BCUT2D eigenvalue weighted by Gasteiger charge is -2.38. The molecule has 96 valence electrons. The Bertz CT molecular complexity index is 454. The van der Waals surface area contributed by atoms with Crippen LogP contribution in [0.1, 0.15) is 43.0 Å². The maximum absolute atomic E-state index is 4.71. The van der Waals surface area contributed by atoms with E-state index in [0.717, 1.165) is 6.54 Å². The average molecular weight is 261 g/mol. The molecular weight excluding hydrogens is 242 g/mol. The van der Waals surface area contributed by atoms with E-state index in [0.29, 0.717) is 18.1 Å². The average Bonchev–Trinajstić information content (AvgIpc) is 3.05. The van der Waals surface area contributed by atoms with Crippen LogP contribution < -0.4 is 5.32 Å². The Morgan fingerprint density at radius 2 is 2.22 bits per heavy atom. The smallest absolute Gasteiger partial charge is 0.195 e. The van der Waals surface area contributed by atoms with Crippen LogP contribution in [0.3, 0.4) is 0 Å². The first-order chi connectivity index (χ1) is 8.93. The van der Waals surface area contributed by atoms with E-state index in [9.17, 15) is 0 Å². The van der Waals surface area contributed by atoms with Crippen LogP contribution >= 0.6 is 11.3 Å². The van der Waals surface area contributed by atoms with Crippen molar-refractivity contribution in [3.63, 3.8) is 0 Å². The molecule has 3 nitrogen and oxygen atoms in total. The van der Waals surface area contributed by atoms with Gasteiger partial charge in [-0.2, -0.15) is 0 Å². The van der Waals surface area contributed by atoms with Gasteiger partial charge in [0.25, 0.3) is 0 Å². The standard InChI is InChI=1S/C14H19N3S/c1-2-5-11-10(4-1)16-14-15-8-7-12(17(11)14)13-6-3-9-18-13/h3,6,9-12H,1-2,4-5,7-8H2,(H,15,16). The number of guanidine groups is 1. The molecule has 0 amide bonds. The minimum Gasteiger partial charge on any atom is -0.351 e. The number of hydrogen-bond donors (Lipinski definition) is 1. The number of hydrogen-bond acceptors (Lipinski definition) is 4. The van der Waals surface area contributed by atoms with Crippen molar-refractivity contribution < 1.29 is 0 Å².